The fourth-order valence-corrected chi connectivity index (χ4v) is 2.06. The molecule has 0 aliphatic carbocycles. The minimum Gasteiger partial charge on any atom is -0.481 e. The average Bonchev–Trinajstić information content (AvgIpc) is 2.38. The van der Waals surface area contributed by atoms with E-state index in [9.17, 15) is 14.7 Å². The molecule has 0 amide bonds. The molecule has 0 aliphatic rings. The van der Waals surface area contributed by atoms with Crippen molar-refractivity contribution in [2.75, 3.05) is 0 Å². The van der Waals surface area contributed by atoms with Crippen LogP contribution in [-0.2, 0) is 20.7 Å². The molecule has 1 aromatic carbocycles. The lowest BCUT2D eigenvalue weighted by Gasteiger charge is -2.23. The first-order chi connectivity index (χ1) is 10.1. The minimum absolute atomic E-state index is 0.0537. The molecule has 1 rings (SSSR count). The van der Waals surface area contributed by atoms with E-state index in [4.69, 9.17) is 10.5 Å². The Labute approximate surface area is 131 Å². The average molecular weight is 307 g/mol. The van der Waals surface area contributed by atoms with E-state index in [1.165, 1.54) is 0 Å². The van der Waals surface area contributed by atoms with Crippen molar-refractivity contribution in [1.29, 1.82) is 0 Å². The zero-order chi connectivity index (χ0) is 16.9. The maximum Gasteiger partial charge on any atom is 0.323 e. The van der Waals surface area contributed by atoms with Crippen LogP contribution in [0.3, 0.4) is 0 Å². The number of ether oxygens (including phenoxy) is 1. The number of carbonyl (C=O) groups excluding carboxylic acids is 1. The van der Waals surface area contributed by atoms with Crippen LogP contribution in [0.1, 0.15) is 38.3 Å². The largest absolute Gasteiger partial charge is 0.481 e. The first kappa shape index (κ1) is 18.2. The molecule has 2 unspecified atom stereocenters. The van der Waals surface area contributed by atoms with Crippen molar-refractivity contribution in [3.05, 3.63) is 35.4 Å². The molecule has 122 valence electrons. The van der Waals surface area contributed by atoms with E-state index in [-0.39, 0.29) is 6.42 Å². The van der Waals surface area contributed by atoms with Crippen molar-refractivity contribution in [2.24, 2.45) is 11.7 Å². The summed E-state index contributed by atoms with van der Waals surface area (Å²) in [6.07, 6.45) is 0.393. The molecule has 0 fully saturated rings. The van der Waals surface area contributed by atoms with Crippen LogP contribution in [0.25, 0.3) is 0 Å². The predicted octanol–water partition coefficient (Wildman–Crippen LogP) is 2.30. The van der Waals surface area contributed by atoms with Crippen LogP contribution in [0, 0.1) is 12.8 Å². The number of aliphatic carboxylic acids is 1. The second-order valence-corrected chi connectivity index (χ2v) is 6.60. The summed E-state index contributed by atoms with van der Waals surface area (Å²) in [5.41, 5.74) is 7.19. The molecule has 0 radical (unpaired) electrons. The predicted molar refractivity (Wildman–Crippen MR) is 84.4 cm³/mol. The number of benzene rings is 1. The lowest BCUT2D eigenvalue weighted by Crippen LogP contribution is -2.40. The molecule has 2 atom stereocenters. The Kier molecular flexibility index (Phi) is 6.11. The van der Waals surface area contributed by atoms with Gasteiger partial charge in [0.25, 0.3) is 0 Å². The van der Waals surface area contributed by atoms with Crippen LogP contribution in [0.4, 0.5) is 0 Å². The van der Waals surface area contributed by atoms with E-state index in [1.807, 2.05) is 31.2 Å². The number of carboxylic acids is 1. The SMILES string of the molecule is Cc1ccc(CC(CC(N)C(=O)OC(C)(C)C)C(=O)O)cc1. The topological polar surface area (TPSA) is 89.6 Å². The van der Waals surface area contributed by atoms with Gasteiger partial charge in [-0.25, -0.2) is 0 Å². The number of carbonyl (C=O) groups is 2. The van der Waals surface area contributed by atoms with Gasteiger partial charge in [-0.2, -0.15) is 0 Å². The first-order valence-electron chi connectivity index (χ1n) is 7.35. The summed E-state index contributed by atoms with van der Waals surface area (Å²) in [4.78, 5) is 23.3. The highest BCUT2D eigenvalue weighted by Gasteiger charge is 2.28. The molecule has 0 aliphatic heterocycles. The molecule has 0 heterocycles. The Morgan fingerprint density at radius 3 is 2.23 bits per heavy atom. The van der Waals surface area contributed by atoms with E-state index in [0.29, 0.717) is 6.42 Å². The van der Waals surface area contributed by atoms with Gasteiger partial charge in [0.1, 0.15) is 11.6 Å². The van der Waals surface area contributed by atoms with Gasteiger partial charge < -0.3 is 15.6 Å². The van der Waals surface area contributed by atoms with Crippen molar-refractivity contribution in [3.63, 3.8) is 0 Å². The summed E-state index contributed by atoms with van der Waals surface area (Å²) in [5.74, 6) is -2.24. The lowest BCUT2D eigenvalue weighted by molar-refractivity contribution is -0.157. The third kappa shape index (κ3) is 6.26. The highest BCUT2D eigenvalue weighted by atomic mass is 16.6. The van der Waals surface area contributed by atoms with Crippen LogP contribution < -0.4 is 5.73 Å². The molecule has 0 aromatic heterocycles. The molecule has 3 N–H and O–H groups in total. The van der Waals surface area contributed by atoms with Crippen molar-refractivity contribution >= 4 is 11.9 Å². The first-order valence-corrected chi connectivity index (χ1v) is 7.35. The van der Waals surface area contributed by atoms with Gasteiger partial charge >= 0.3 is 11.9 Å². The van der Waals surface area contributed by atoms with Crippen LogP contribution >= 0.6 is 0 Å². The van der Waals surface area contributed by atoms with Gasteiger partial charge in [0.05, 0.1) is 5.92 Å². The number of esters is 1. The number of aryl methyl sites for hydroxylation is 1. The van der Waals surface area contributed by atoms with E-state index < -0.39 is 29.5 Å². The van der Waals surface area contributed by atoms with E-state index in [0.717, 1.165) is 11.1 Å². The number of hydrogen-bond acceptors (Lipinski definition) is 4. The number of nitrogens with two attached hydrogens (primary N) is 1. The Morgan fingerprint density at radius 2 is 1.77 bits per heavy atom. The minimum atomic E-state index is -0.959. The zero-order valence-corrected chi connectivity index (χ0v) is 13.6. The highest BCUT2D eigenvalue weighted by Crippen LogP contribution is 2.17. The standard InChI is InChI=1S/C17H25NO4/c1-11-5-7-12(8-6-11)9-13(15(19)20)10-14(18)16(21)22-17(2,3)4/h5-8,13-14H,9-10,18H2,1-4H3,(H,19,20). The zero-order valence-electron chi connectivity index (χ0n) is 13.6. The molecule has 0 bridgehead atoms. The van der Waals surface area contributed by atoms with Crippen LogP contribution in [-0.4, -0.2) is 28.7 Å². The molecule has 5 nitrogen and oxygen atoms in total. The third-order valence-electron chi connectivity index (χ3n) is 3.20. The molecular formula is C17H25NO4. The summed E-state index contributed by atoms with van der Waals surface area (Å²) < 4.78 is 5.19. The van der Waals surface area contributed by atoms with Gasteiger partial charge in [-0.05, 0) is 46.1 Å². The second-order valence-electron chi connectivity index (χ2n) is 6.60. The molecule has 0 saturated heterocycles. The molecule has 0 spiro atoms. The van der Waals surface area contributed by atoms with Gasteiger partial charge in [-0.3, -0.25) is 9.59 Å². The third-order valence-corrected chi connectivity index (χ3v) is 3.20. The fraction of sp³-hybridized carbons (Fsp3) is 0.529. The van der Waals surface area contributed by atoms with Crippen molar-refractivity contribution < 1.29 is 19.4 Å². The van der Waals surface area contributed by atoms with E-state index >= 15 is 0 Å². The van der Waals surface area contributed by atoms with Gasteiger partial charge in [0, 0.05) is 0 Å². The summed E-state index contributed by atoms with van der Waals surface area (Å²) in [6.45, 7) is 7.21. The Balaban J connectivity index is 2.70. The lowest BCUT2D eigenvalue weighted by atomic mass is 9.92. The summed E-state index contributed by atoms with van der Waals surface area (Å²) in [7, 11) is 0. The highest BCUT2D eigenvalue weighted by molar-refractivity contribution is 5.78. The van der Waals surface area contributed by atoms with Gasteiger partial charge in [-0.15, -0.1) is 0 Å². The van der Waals surface area contributed by atoms with E-state index in [1.54, 1.807) is 20.8 Å². The molecule has 0 saturated carbocycles. The smallest absolute Gasteiger partial charge is 0.323 e. The van der Waals surface area contributed by atoms with Gasteiger partial charge in [-0.1, -0.05) is 29.8 Å². The van der Waals surface area contributed by atoms with Crippen molar-refractivity contribution in [3.8, 4) is 0 Å². The van der Waals surface area contributed by atoms with Crippen molar-refractivity contribution in [2.45, 2.75) is 52.2 Å². The van der Waals surface area contributed by atoms with Crippen molar-refractivity contribution in [1.82, 2.24) is 0 Å². The van der Waals surface area contributed by atoms with Crippen LogP contribution in [0.2, 0.25) is 0 Å². The molecular weight excluding hydrogens is 282 g/mol. The van der Waals surface area contributed by atoms with Gasteiger partial charge in [0.15, 0.2) is 0 Å². The van der Waals surface area contributed by atoms with E-state index in [2.05, 4.69) is 0 Å². The molecule has 1 aromatic rings. The molecule has 22 heavy (non-hydrogen) atoms. The maximum absolute atomic E-state index is 11.9. The monoisotopic (exact) mass is 307 g/mol. The fourth-order valence-electron chi connectivity index (χ4n) is 2.06. The maximum atomic E-state index is 11.9. The summed E-state index contributed by atoms with van der Waals surface area (Å²) >= 11 is 0. The Morgan fingerprint density at radius 1 is 1.23 bits per heavy atom. The normalized spacial score (nSPS) is 14.2. The quantitative estimate of drug-likeness (QED) is 0.787. The molecule has 5 heteroatoms. The Hall–Kier alpha value is -1.88. The Bertz CT molecular complexity index is 516. The number of rotatable bonds is 6. The summed E-state index contributed by atoms with van der Waals surface area (Å²) in [6, 6.07) is 6.71. The second kappa shape index (κ2) is 7.40. The summed E-state index contributed by atoms with van der Waals surface area (Å²) in [5, 5.41) is 9.34. The van der Waals surface area contributed by atoms with Gasteiger partial charge in [0.2, 0.25) is 0 Å². The van der Waals surface area contributed by atoms with Crippen LogP contribution in [0.15, 0.2) is 24.3 Å². The number of carboxylic acid groups (broad SMARTS) is 1. The number of hydrogen-bond donors (Lipinski definition) is 2. The van der Waals surface area contributed by atoms with Crippen LogP contribution in [0.5, 0.6) is 0 Å².